The molecule has 0 aliphatic rings. The van der Waals surface area contributed by atoms with E-state index in [0.29, 0.717) is 21.7 Å². The minimum absolute atomic E-state index is 0.395. The maximum absolute atomic E-state index is 9.47. The summed E-state index contributed by atoms with van der Waals surface area (Å²) in [7, 11) is 0. The van der Waals surface area contributed by atoms with Gasteiger partial charge >= 0.3 is 0 Å². The summed E-state index contributed by atoms with van der Waals surface area (Å²) in [6.07, 6.45) is 1.01. The summed E-state index contributed by atoms with van der Waals surface area (Å²) in [5.74, 6) is 0.937. The zero-order chi connectivity index (χ0) is 13.1. The summed E-state index contributed by atoms with van der Waals surface area (Å²) in [5.41, 5.74) is 0.736. The summed E-state index contributed by atoms with van der Waals surface area (Å²) in [4.78, 5) is 4.06. The monoisotopic (exact) mass is 283 g/mol. The van der Waals surface area contributed by atoms with Crippen molar-refractivity contribution in [3.63, 3.8) is 0 Å². The number of aliphatic hydroxyl groups excluding tert-OH is 1. The Morgan fingerprint density at radius 2 is 1.94 bits per heavy atom. The Balaban J connectivity index is 2.23. The predicted octanol–water partition coefficient (Wildman–Crippen LogP) is 4.23. The predicted molar refractivity (Wildman–Crippen MR) is 71.4 cm³/mol. The fraction of sp³-hybridized carbons (Fsp3) is 0.154. The van der Waals surface area contributed by atoms with Crippen molar-refractivity contribution in [2.45, 2.75) is 13.0 Å². The number of pyridine rings is 1. The Hall–Kier alpha value is -1.29. The van der Waals surface area contributed by atoms with E-state index in [0.717, 1.165) is 5.56 Å². The Morgan fingerprint density at radius 3 is 2.61 bits per heavy atom. The molecule has 0 radical (unpaired) electrons. The van der Waals surface area contributed by atoms with Gasteiger partial charge in [0, 0.05) is 18.3 Å². The third-order valence-electron chi connectivity index (χ3n) is 2.35. The maximum atomic E-state index is 9.47. The fourth-order valence-corrected chi connectivity index (χ4v) is 1.69. The molecule has 1 aromatic heterocycles. The SMILES string of the molecule is C[C@@H](O)c1ccnc(Oc2ccc(Cl)c(Cl)c2)c1. The summed E-state index contributed by atoms with van der Waals surface area (Å²) in [5, 5.41) is 10.4. The third kappa shape index (κ3) is 3.13. The van der Waals surface area contributed by atoms with Gasteiger partial charge in [-0.1, -0.05) is 23.2 Å². The van der Waals surface area contributed by atoms with Crippen molar-refractivity contribution in [2.75, 3.05) is 0 Å². The van der Waals surface area contributed by atoms with Crippen molar-refractivity contribution < 1.29 is 9.84 Å². The van der Waals surface area contributed by atoms with Crippen LogP contribution in [0.5, 0.6) is 11.6 Å². The van der Waals surface area contributed by atoms with Gasteiger partial charge in [0.1, 0.15) is 5.75 Å². The van der Waals surface area contributed by atoms with Gasteiger partial charge in [-0.15, -0.1) is 0 Å². The Morgan fingerprint density at radius 1 is 1.17 bits per heavy atom. The molecule has 0 saturated carbocycles. The minimum atomic E-state index is -0.566. The van der Waals surface area contributed by atoms with Crippen LogP contribution < -0.4 is 4.74 Å². The van der Waals surface area contributed by atoms with Gasteiger partial charge in [0.15, 0.2) is 0 Å². The van der Waals surface area contributed by atoms with Gasteiger partial charge in [0.2, 0.25) is 5.88 Å². The van der Waals surface area contributed by atoms with Crippen LogP contribution >= 0.6 is 23.2 Å². The van der Waals surface area contributed by atoms with E-state index in [1.165, 1.54) is 0 Å². The second-order valence-electron chi connectivity index (χ2n) is 3.78. The van der Waals surface area contributed by atoms with E-state index >= 15 is 0 Å². The molecule has 3 nitrogen and oxygen atoms in total. The Labute approximate surface area is 115 Å². The molecule has 2 aromatic rings. The normalized spacial score (nSPS) is 12.2. The highest BCUT2D eigenvalue weighted by atomic mass is 35.5. The van der Waals surface area contributed by atoms with Gasteiger partial charge in [0.05, 0.1) is 16.1 Å². The topological polar surface area (TPSA) is 42.4 Å². The van der Waals surface area contributed by atoms with Crippen LogP contribution in [-0.2, 0) is 0 Å². The fourth-order valence-electron chi connectivity index (χ4n) is 1.40. The van der Waals surface area contributed by atoms with Crippen LogP contribution in [0.4, 0.5) is 0 Å². The number of hydrogen-bond acceptors (Lipinski definition) is 3. The van der Waals surface area contributed by atoms with Crippen molar-refractivity contribution >= 4 is 23.2 Å². The van der Waals surface area contributed by atoms with Crippen molar-refractivity contribution in [1.29, 1.82) is 0 Å². The molecule has 0 amide bonds. The first kappa shape index (κ1) is 13.1. The van der Waals surface area contributed by atoms with Gasteiger partial charge in [-0.05, 0) is 30.7 Å². The average Bonchev–Trinajstić information content (AvgIpc) is 2.34. The average molecular weight is 284 g/mol. The number of benzene rings is 1. The number of halogens is 2. The van der Waals surface area contributed by atoms with Gasteiger partial charge in [0.25, 0.3) is 0 Å². The molecule has 0 aliphatic heterocycles. The highest BCUT2D eigenvalue weighted by Crippen LogP contribution is 2.29. The molecule has 0 unspecified atom stereocenters. The van der Waals surface area contributed by atoms with Crippen LogP contribution in [0.25, 0.3) is 0 Å². The molecule has 0 spiro atoms. The van der Waals surface area contributed by atoms with Gasteiger partial charge in [-0.2, -0.15) is 0 Å². The Kier molecular flexibility index (Phi) is 4.07. The molecular formula is C13H11Cl2NO2. The first-order valence-electron chi connectivity index (χ1n) is 5.33. The molecular weight excluding hydrogens is 273 g/mol. The minimum Gasteiger partial charge on any atom is -0.439 e. The first-order chi connectivity index (χ1) is 8.56. The summed E-state index contributed by atoms with van der Waals surface area (Å²) >= 11 is 11.7. The van der Waals surface area contributed by atoms with E-state index in [9.17, 15) is 5.11 Å². The molecule has 1 aromatic carbocycles. The first-order valence-corrected chi connectivity index (χ1v) is 6.09. The van der Waals surface area contributed by atoms with E-state index in [1.807, 2.05) is 0 Å². The van der Waals surface area contributed by atoms with E-state index < -0.39 is 6.10 Å². The molecule has 1 atom stereocenters. The van der Waals surface area contributed by atoms with E-state index in [2.05, 4.69) is 4.98 Å². The van der Waals surface area contributed by atoms with Crippen molar-refractivity contribution in [2.24, 2.45) is 0 Å². The number of rotatable bonds is 3. The molecule has 0 aliphatic carbocycles. The standard InChI is InChI=1S/C13H11Cl2NO2/c1-8(17)9-4-5-16-13(6-9)18-10-2-3-11(14)12(15)7-10/h2-8,17H,1H3/t8-/m1/s1. The molecule has 2 rings (SSSR count). The highest BCUT2D eigenvalue weighted by molar-refractivity contribution is 6.42. The van der Waals surface area contributed by atoms with E-state index in [1.54, 1.807) is 43.5 Å². The van der Waals surface area contributed by atoms with Crippen LogP contribution in [0.2, 0.25) is 10.0 Å². The zero-order valence-electron chi connectivity index (χ0n) is 9.60. The number of ether oxygens (including phenoxy) is 1. The summed E-state index contributed by atoms with van der Waals surface area (Å²) in [6, 6.07) is 8.36. The van der Waals surface area contributed by atoms with E-state index in [4.69, 9.17) is 27.9 Å². The van der Waals surface area contributed by atoms with Crippen LogP contribution in [0.1, 0.15) is 18.6 Å². The van der Waals surface area contributed by atoms with E-state index in [-0.39, 0.29) is 0 Å². The third-order valence-corrected chi connectivity index (χ3v) is 3.09. The van der Waals surface area contributed by atoms with Crippen LogP contribution in [0.15, 0.2) is 36.5 Å². The van der Waals surface area contributed by atoms with Gasteiger partial charge in [-0.3, -0.25) is 0 Å². The lowest BCUT2D eigenvalue weighted by molar-refractivity contribution is 0.198. The lowest BCUT2D eigenvalue weighted by atomic mass is 10.2. The van der Waals surface area contributed by atoms with Crippen molar-refractivity contribution in [1.82, 2.24) is 4.98 Å². The zero-order valence-corrected chi connectivity index (χ0v) is 11.1. The molecule has 5 heteroatoms. The molecule has 0 fully saturated rings. The summed E-state index contributed by atoms with van der Waals surface area (Å²) in [6.45, 7) is 1.68. The quantitative estimate of drug-likeness (QED) is 0.916. The lowest BCUT2D eigenvalue weighted by Gasteiger charge is -2.08. The number of aromatic nitrogens is 1. The second kappa shape index (κ2) is 5.57. The van der Waals surface area contributed by atoms with Gasteiger partial charge < -0.3 is 9.84 Å². The molecule has 18 heavy (non-hydrogen) atoms. The number of nitrogens with zero attached hydrogens (tertiary/aromatic N) is 1. The molecule has 0 bridgehead atoms. The summed E-state index contributed by atoms with van der Waals surface area (Å²) < 4.78 is 5.54. The molecule has 94 valence electrons. The molecule has 1 N–H and O–H groups in total. The molecule has 0 saturated heterocycles. The Bertz CT molecular complexity index is 558. The molecule has 1 heterocycles. The van der Waals surface area contributed by atoms with Gasteiger partial charge in [-0.25, -0.2) is 4.98 Å². The number of aliphatic hydroxyl groups is 1. The van der Waals surface area contributed by atoms with Crippen molar-refractivity contribution in [3.8, 4) is 11.6 Å². The van der Waals surface area contributed by atoms with Crippen LogP contribution in [0, 0.1) is 0 Å². The second-order valence-corrected chi connectivity index (χ2v) is 4.60. The highest BCUT2D eigenvalue weighted by Gasteiger charge is 2.06. The smallest absolute Gasteiger partial charge is 0.219 e. The lowest BCUT2D eigenvalue weighted by Crippen LogP contribution is -1.94. The largest absolute Gasteiger partial charge is 0.439 e. The van der Waals surface area contributed by atoms with Crippen LogP contribution in [-0.4, -0.2) is 10.1 Å². The number of hydrogen-bond donors (Lipinski definition) is 1. The maximum Gasteiger partial charge on any atom is 0.219 e. The van der Waals surface area contributed by atoms with Crippen molar-refractivity contribution in [3.05, 3.63) is 52.1 Å². The van der Waals surface area contributed by atoms with Crippen LogP contribution in [0.3, 0.4) is 0 Å².